The summed E-state index contributed by atoms with van der Waals surface area (Å²) in [5, 5.41) is 1.18. The summed E-state index contributed by atoms with van der Waals surface area (Å²) in [5.74, 6) is 0.0102. The number of benzene rings is 1. The Bertz CT molecular complexity index is 609. The van der Waals surface area contributed by atoms with E-state index in [9.17, 15) is 4.79 Å². The van der Waals surface area contributed by atoms with Crippen LogP contribution in [-0.2, 0) is 4.79 Å². The number of fused-ring (bicyclic) bond motifs is 1. The van der Waals surface area contributed by atoms with Crippen molar-refractivity contribution in [3.63, 3.8) is 0 Å². The minimum Gasteiger partial charge on any atom is -0.460 e. The molecule has 2 rings (SSSR count). The van der Waals surface area contributed by atoms with E-state index >= 15 is 0 Å². The average Bonchev–Trinajstić information content (AvgIpc) is 2.86. The Morgan fingerprint density at radius 2 is 2.05 bits per heavy atom. The molecule has 1 heterocycles. The SMILES string of the molecule is CCCN(CCC)C(=O)COc1nc2ccc(Cl)cc2s1. The normalized spacial score (nSPS) is 10.8. The van der Waals surface area contributed by atoms with Crippen LogP contribution in [0.2, 0.25) is 5.02 Å². The van der Waals surface area contributed by atoms with Gasteiger partial charge in [-0.1, -0.05) is 36.8 Å². The van der Waals surface area contributed by atoms with Crippen molar-refractivity contribution in [2.75, 3.05) is 19.7 Å². The lowest BCUT2D eigenvalue weighted by Crippen LogP contribution is -2.36. The highest BCUT2D eigenvalue weighted by atomic mass is 35.5. The van der Waals surface area contributed by atoms with Gasteiger partial charge in [-0.2, -0.15) is 0 Å². The zero-order valence-electron chi connectivity index (χ0n) is 12.3. The Balaban J connectivity index is 1.98. The molecule has 6 heteroatoms. The average molecular weight is 327 g/mol. The van der Waals surface area contributed by atoms with Crippen LogP contribution in [0.15, 0.2) is 18.2 Å². The lowest BCUT2D eigenvalue weighted by atomic mass is 10.3. The number of aromatic nitrogens is 1. The van der Waals surface area contributed by atoms with E-state index in [2.05, 4.69) is 18.8 Å². The number of nitrogens with zero attached hydrogens (tertiary/aromatic N) is 2. The quantitative estimate of drug-likeness (QED) is 0.773. The summed E-state index contributed by atoms with van der Waals surface area (Å²) in [7, 11) is 0. The van der Waals surface area contributed by atoms with Crippen LogP contribution in [0.4, 0.5) is 0 Å². The molecule has 1 amide bonds. The van der Waals surface area contributed by atoms with E-state index in [1.165, 1.54) is 11.3 Å². The fourth-order valence-corrected chi connectivity index (χ4v) is 3.15. The molecule has 0 fully saturated rings. The number of carbonyl (C=O) groups is 1. The van der Waals surface area contributed by atoms with Crippen LogP contribution >= 0.6 is 22.9 Å². The van der Waals surface area contributed by atoms with Gasteiger partial charge < -0.3 is 9.64 Å². The predicted octanol–water partition coefficient (Wildman–Crippen LogP) is 3.98. The second-order valence-electron chi connectivity index (χ2n) is 4.76. The van der Waals surface area contributed by atoms with Gasteiger partial charge in [0.05, 0.1) is 10.2 Å². The Labute approximate surface area is 133 Å². The molecule has 1 aromatic heterocycles. The number of thiazole rings is 1. The van der Waals surface area contributed by atoms with Crippen LogP contribution in [0.3, 0.4) is 0 Å². The number of ether oxygens (including phenoxy) is 1. The zero-order chi connectivity index (χ0) is 15.2. The van der Waals surface area contributed by atoms with Crippen molar-refractivity contribution in [2.45, 2.75) is 26.7 Å². The molecule has 0 aliphatic carbocycles. The van der Waals surface area contributed by atoms with Crippen molar-refractivity contribution >= 4 is 39.1 Å². The number of hydrogen-bond acceptors (Lipinski definition) is 4. The molecule has 0 aliphatic rings. The molecule has 114 valence electrons. The molecular weight excluding hydrogens is 308 g/mol. The van der Waals surface area contributed by atoms with Crippen LogP contribution in [0.25, 0.3) is 10.2 Å². The second-order valence-corrected chi connectivity index (χ2v) is 6.19. The molecule has 0 spiro atoms. The molecule has 0 atom stereocenters. The van der Waals surface area contributed by atoms with Crippen LogP contribution < -0.4 is 4.74 Å². The molecule has 0 saturated heterocycles. The van der Waals surface area contributed by atoms with E-state index in [0.29, 0.717) is 10.2 Å². The van der Waals surface area contributed by atoms with Crippen LogP contribution in [-0.4, -0.2) is 35.5 Å². The molecular formula is C15H19ClN2O2S. The molecule has 4 nitrogen and oxygen atoms in total. The lowest BCUT2D eigenvalue weighted by molar-refractivity contribution is -0.133. The summed E-state index contributed by atoms with van der Waals surface area (Å²) < 4.78 is 6.50. The topological polar surface area (TPSA) is 42.4 Å². The van der Waals surface area contributed by atoms with Gasteiger partial charge in [0, 0.05) is 18.1 Å². The smallest absolute Gasteiger partial charge is 0.274 e. The van der Waals surface area contributed by atoms with Gasteiger partial charge >= 0.3 is 0 Å². The maximum absolute atomic E-state index is 12.1. The molecule has 0 bridgehead atoms. The van der Waals surface area contributed by atoms with E-state index in [0.717, 1.165) is 36.1 Å². The highest BCUT2D eigenvalue weighted by Crippen LogP contribution is 2.29. The van der Waals surface area contributed by atoms with Crippen molar-refractivity contribution < 1.29 is 9.53 Å². The number of amides is 1. The first kappa shape index (κ1) is 16.0. The van der Waals surface area contributed by atoms with Gasteiger partial charge in [-0.15, -0.1) is 0 Å². The maximum atomic E-state index is 12.1. The van der Waals surface area contributed by atoms with Gasteiger partial charge in [0.25, 0.3) is 11.1 Å². The predicted molar refractivity (Wildman–Crippen MR) is 87.3 cm³/mol. The molecule has 0 N–H and O–H groups in total. The highest BCUT2D eigenvalue weighted by molar-refractivity contribution is 7.20. The highest BCUT2D eigenvalue weighted by Gasteiger charge is 2.14. The minimum atomic E-state index is 0.0102. The summed E-state index contributed by atoms with van der Waals surface area (Å²) in [6, 6.07) is 5.50. The number of carbonyl (C=O) groups excluding carboxylic acids is 1. The van der Waals surface area contributed by atoms with Gasteiger partial charge in [0.15, 0.2) is 6.61 Å². The van der Waals surface area contributed by atoms with E-state index in [-0.39, 0.29) is 12.5 Å². The summed E-state index contributed by atoms with van der Waals surface area (Å²) in [4.78, 5) is 18.3. The minimum absolute atomic E-state index is 0.0102. The standard InChI is InChI=1S/C15H19ClN2O2S/c1-3-7-18(8-4-2)14(19)10-20-15-17-12-6-5-11(16)9-13(12)21-15/h5-6,9H,3-4,7-8,10H2,1-2H3. The summed E-state index contributed by atoms with van der Waals surface area (Å²) in [6.07, 6.45) is 1.90. The molecule has 0 saturated carbocycles. The monoisotopic (exact) mass is 326 g/mol. The lowest BCUT2D eigenvalue weighted by Gasteiger charge is -2.20. The summed E-state index contributed by atoms with van der Waals surface area (Å²) >= 11 is 7.35. The van der Waals surface area contributed by atoms with E-state index < -0.39 is 0 Å². The number of halogens is 1. The van der Waals surface area contributed by atoms with E-state index in [4.69, 9.17) is 16.3 Å². The van der Waals surface area contributed by atoms with E-state index in [1.54, 1.807) is 6.07 Å². The summed E-state index contributed by atoms with van der Waals surface area (Å²) in [6.45, 7) is 5.70. The molecule has 2 aromatic rings. The van der Waals surface area contributed by atoms with Gasteiger partial charge in [-0.05, 0) is 31.0 Å². The van der Waals surface area contributed by atoms with Crippen molar-refractivity contribution in [3.8, 4) is 5.19 Å². The Hall–Kier alpha value is -1.33. The van der Waals surface area contributed by atoms with Crippen molar-refractivity contribution in [1.29, 1.82) is 0 Å². The third kappa shape index (κ3) is 4.32. The maximum Gasteiger partial charge on any atom is 0.274 e. The Morgan fingerprint density at radius 3 is 2.71 bits per heavy atom. The largest absolute Gasteiger partial charge is 0.460 e. The first-order chi connectivity index (χ1) is 10.1. The molecule has 21 heavy (non-hydrogen) atoms. The number of hydrogen-bond donors (Lipinski definition) is 0. The third-order valence-electron chi connectivity index (χ3n) is 2.99. The molecule has 0 aliphatic heterocycles. The van der Waals surface area contributed by atoms with Gasteiger partial charge in [-0.25, -0.2) is 4.98 Å². The van der Waals surface area contributed by atoms with E-state index in [1.807, 2.05) is 17.0 Å². The first-order valence-electron chi connectivity index (χ1n) is 7.10. The van der Waals surface area contributed by atoms with Crippen LogP contribution in [0.5, 0.6) is 5.19 Å². The Morgan fingerprint density at radius 1 is 1.33 bits per heavy atom. The van der Waals surface area contributed by atoms with Gasteiger partial charge in [0.1, 0.15) is 0 Å². The fraction of sp³-hybridized carbons (Fsp3) is 0.467. The summed E-state index contributed by atoms with van der Waals surface area (Å²) in [5.41, 5.74) is 0.839. The third-order valence-corrected chi connectivity index (χ3v) is 4.16. The van der Waals surface area contributed by atoms with Crippen molar-refractivity contribution in [3.05, 3.63) is 23.2 Å². The van der Waals surface area contributed by atoms with Crippen LogP contribution in [0.1, 0.15) is 26.7 Å². The van der Waals surface area contributed by atoms with Crippen molar-refractivity contribution in [2.24, 2.45) is 0 Å². The molecule has 0 radical (unpaired) electrons. The fourth-order valence-electron chi connectivity index (χ4n) is 2.05. The van der Waals surface area contributed by atoms with Crippen LogP contribution in [0, 0.1) is 0 Å². The Kier molecular flexibility index (Phi) is 5.82. The first-order valence-corrected chi connectivity index (χ1v) is 8.30. The van der Waals surface area contributed by atoms with Crippen molar-refractivity contribution in [1.82, 2.24) is 9.88 Å². The number of rotatable bonds is 7. The van der Waals surface area contributed by atoms with Gasteiger partial charge in [0.2, 0.25) is 0 Å². The molecule has 0 unspecified atom stereocenters. The van der Waals surface area contributed by atoms with Gasteiger partial charge in [-0.3, -0.25) is 4.79 Å². The molecule has 1 aromatic carbocycles. The second kappa shape index (κ2) is 7.61. The zero-order valence-corrected chi connectivity index (χ0v) is 13.8.